The monoisotopic (exact) mass is 440 g/mol. The fourth-order valence-electron chi connectivity index (χ4n) is 3.77. The third kappa shape index (κ3) is 4.52. The van der Waals surface area contributed by atoms with Crippen molar-refractivity contribution in [3.05, 3.63) is 99.6 Å². The molecule has 0 aliphatic rings. The summed E-state index contributed by atoms with van der Waals surface area (Å²) in [5.74, 6) is -0.125. The largest absolute Gasteiger partial charge is 0.343 e. The molecule has 7 heteroatoms. The number of carbonyl (C=O) groups is 2. The second-order valence-corrected chi connectivity index (χ2v) is 7.86. The standard InChI is InChI=1S/C26H24N4O3/c1-16-7-6-8-17(2)24(16)29-23(31)15-27-25(32)19-11-13-20(14-12-19)30-18(3)28-22-10-5-4-9-21(22)26(30)33/h4-14H,15H2,1-3H3,(H,27,32)(H,29,31). The third-order valence-electron chi connectivity index (χ3n) is 5.49. The molecule has 4 aromatic rings. The Hall–Kier alpha value is -4.26. The normalized spacial score (nSPS) is 10.8. The van der Waals surface area contributed by atoms with E-state index in [0.29, 0.717) is 28.0 Å². The highest BCUT2D eigenvalue weighted by Crippen LogP contribution is 2.19. The maximum absolute atomic E-state index is 12.9. The fraction of sp³-hybridized carbons (Fsp3) is 0.154. The average Bonchev–Trinajstić information content (AvgIpc) is 2.80. The summed E-state index contributed by atoms with van der Waals surface area (Å²) in [7, 11) is 0. The Labute approximate surface area is 191 Å². The zero-order chi connectivity index (χ0) is 23.5. The topological polar surface area (TPSA) is 93.1 Å². The molecule has 33 heavy (non-hydrogen) atoms. The summed E-state index contributed by atoms with van der Waals surface area (Å²) in [6.07, 6.45) is 0. The number of hydrogen-bond acceptors (Lipinski definition) is 4. The number of nitrogens with zero attached hydrogens (tertiary/aromatic N) is 2. The van der Waals surface area contributed by atoms with Gasteiger partial charge in [0.15, 0.2) is 0 Å². The fourth-order valence-corrected chi connectivity index (χ4v) is 3.77. The molecule has 4 rings (SSSR count). The first-order chi connectivity index (χ1) is 15.8. The van der Waals surface area contributed by atoms with Crippen LogP contribution in [0.25, 0.3) is 16.6 Å². The molecule has 0 bridgehead atoms. The van der Waals surface area contributed by atoms with Gasteiger partial charge in [0.2, 0.25) is 5.91 Å². The van der Waals surface area contributed by atoms with Crippen molar-refractivity contribution in [2.45, 2.75) is 20.8 Å². The van der Waals surface area contributed by atoms with E-state index in [0.717, 1.165) is 16.8 Å². The molecule has 0 unspecified atom stereocenters. The predicted molar refractivity (Wildman–Crippen MR) is 129 cm³/mol. The first kappa shape index (κ1) is 22.0. The van der Waals surface area contributed by atoms with Gasteiger partial charge in [-0.05, 0) is 68.3 Å². The van der Waals surface area contributed by atoms with Crippen LogP contribution in [0.1, 0.15) is 27.3 Å². The van der Waals surface area contributed by atoms with Crippen LogP contribution in [0.2, 0.25) is 0 Å². The molecule has 1 aromatic heterocycles. The van der Waals surface area contributed by atoms with E-state index in [1.54, 1.807) is 49.4 Å². The van der Waals surface area contributed by atoms with E-state index in [2.05, 4.69) is 15.6 Å². The summed E-state index contributed by atoms with van der Waals surface area (Å²) in [6.45, 7) is 5.45. The molecular weight excluding hydrogens is 416 g/mol. The van der Waals surface area contributed by atoms with Gasteiger partial charge >= 0.3 is 0 Å². The number of anilines is 1. The van der Waals surface area contributed by atoms with Crippen molar-refractivity contribution in [3.63, 3.8) is 0 Å². The number of nitrogens with one attached hydrogen (secondary N) is 2. The molecular formula is C26H24N4O3. The number of benzene rings is 3. The Morgan fingerprint density at radius 1 is 0.879 bits per heavy atom. The smallest absolute Gasteiger partial charge is 0.265 e. The minimum Gasteiger partial charge on any atom is -0.343 e. The minimum absolute atomic E-state index is 0.151. The van der Waals surface area contributed by atoms with Crippen LogP contribution < -0.4 is 16.2 Å². The number of fused-ring (bicyclic) bond motifs is 1. The van der Waals surface area contributed by atoms with Gasteiger partial charge in [-0.1, -0.05) is 30.3 Å². The molecule has 0 atom stereocenters. The number of aromatic nitrogens is 2. The van der Waals surface area contributed by atoms with Gasteiger partial charge in [-0.3, -0.25) is 19.0 Å². The van der Waals surface area contributed by atoms with Gasteiger partial charge in [-0.15, -0.1) is 0 Å². The molecule has 0 saturated heterocycles. The second-order valence-electron chi connectivity index (χ2n) is 7.86. The lowest BCUT2D eigenvalue weighted by atomic mass is 10.1. The number of hydrogen-bond donors (Lipinski definition) is 2. The Morgan fingerprint density at radius 2 is 1.55 bits per heavy atom. The van der Waals surface area contributed by atoms with E-state index in [-0.39, 0.29) is 23.9 Å². The maximum atomic E-state index is 12.9. The summed E-state index contributed by atoms with van der Waals surface area (Å²) in [5.41, 5.74) is 4.15. The molecule has 1 heterocycles. The molecule has 0 fully saturated rings. The van der Waals surface area contributed by atoms with Crippen LogP contribution >= 0.6 is 0 Å². The molecule has 0 saturated carbocycles. The maximum Gasteiger partial charge on any atom is 0.265 e. The van der Waals surface area contributed by atoms with Crippen LogP contribution in [0.3, 0.4) is 0 Å². The van der Waals surface area contributed by atoms with E-state index < -0.39 is 0 Å². The van der Waals surface area contributed by atoms with Crippen molar-refractivity contribution in [2.75, 3.05) is 11.9 Å². The van der Waals surface area contributed by atoms with Gasteiger partial charge in [0.1, 0.15) is 5.82 Å². The molecule has 0 radical (unpaired) electrons. The van der Waals surface area contributed by atoms with Crippen molar-refractivity contribution in [1.82, 2.24) is 14.9 Å². The highest BCUT2D eigenvalue weighted by atomic mass is 16.2. The lowest BCUT2D eigenvalue weighted by molar-refractivity contribution is -0.115. The summed E-state index contributed by atoms with van der Waals surface area (Å²) >= 11 is 0. The zero-order valence-electron chi connectivity index (χ0n) is 18.7. The zero-order valence-corrected chi connectivity index (χ0v) is 18.7. The molecule has 2 amide bonds. The third-order valence-corrected chi connectivity index (χ3v) is 5.49. The highest BCUT2D eigenvalue weighted by Gasteiger charge is 2.13. The number of rotatable bonds is 5. The molecule has 7 nitrogen and oxygen atoms in total. The quantitative estimate of drug-likeness (QED) is 0.495. The number of aryl methyl sites for hydroxylation is 3. The molecule has 3 aromatic carbocycles. The molecule has 0 spiro atoms. The Morgan fingerprint density at radius 3 is 2.24 bits per heavy atom. The van der Waals surface area contributed by atoms with E-state index in [1.165, 1.54) is 4.57 Å². The summed E-state index contributed by atoms with van der Waals surface area (Å²) in [6, 6.07) is 19.6. The van der Waals surface area contributed by atoms with Crippen LogP contribution in [0.15, 0.2) is 71.5 Å². The molecule has 0 aliphatic heterocycles. The SMILES string of the molecule is Cc1cccc(C)c1NC(=O)CNC(=O)c1ccc(-n2c(C)nc3ccccc3c2=O)cc1. The van der Waals surface area contributed by atoms with Crippen molar-refractivity contribution in [1.29, 1.82) is 0 Å². The molecule has 2 N–H and O–H groups in total. The Kier molecular flexibility index (Phi) is 6.04. The van der Waals surface area contributed by atoms with Crippen LogP contribution in [-0.2, 0) is 4.79 Å². The van der Waals surface area contributed by atoms with Crippen molar-refractivity contribution >= 4 is 28.4 Å². The Bertz CT molecular complexity index is 1400. The first-order valence-electron chi connectivity index (χ1n) is 10.6. The summed E-state index contributed by atoms with van der Waals surface area (Å²) < 4.78 is 1.52. The van der Waals surface area contributed by atoms with Gasteiger partial charge in [-0.25, -0.2) is 4.98 Å². The first-order valence-corrected chi connectivity index (χ1v) is 10.6. The second kappa shape index (κ2) is 9.08. The minimum atomic E-state index is -0.376. The van der Waals surface area contributed by atoms with Crippen LogP contribution in [0, 0.1) is 20.8 Å². The van der Waals surface area contributed by atoms with Crippen molar-refractivity contribution in [2.24, 2.45) is 0 Å². The lowest BCUT2D eigenvalue weighted by Crippen LogP contribution is -2.33. The van der Waals surface area contributed by atoms with E-state index in [4.69, 9.17) is 0 Å². The van der Waals surface area contributed by atoms with Crippen molar-refractivity contribution < 1.29 is 9.59 Å². The number of amides is 2. The van der Waals surface area contributed by atoms with E-state index in [9.17, 15) is 14.4 Å². The van der Waals surface area contributed by atoms with Crippen LogP contribution in [-0.4, -0.2) is 27.9 Å². The highest BCUT2D eigenvalue weighted by molar-refractivity contribution is 6.00. The van der Waals surface area contributed by atoms with Gasteiger partial charge in [0.05, 0.1) is 23.1 Å². The van der Waals surface area contributed by atoms with Crippen molar-refractivity contribution in [3.8, 4) is 5.69 Å². The number of carbonyl (C=O) groups excluding carboxylic acids is 2. The van der Waals surface area contributed by atoms with Gasteiger partial charge in [0, 0.05) is 11.3 Å². The molecule has 166 valence electrons. The van der Waals surface area contributed by atoms with Gasteiger partial charge in [-0.2, -0.15) is 0 Å². The number of para-hydroxylation sites is 2. The van der Waals surface area contributed by atoms with E-state index >= 15 is 0 Å². The molecule has 0 aliphatic carbocycles. The Balaban J connectivity index is 1.46. The van der Waals surface area contributed by atoms with Crippen LogP contribution in [0.4, 0.5) is 5.69 Å². The van der Waals surface area contributed by atoms with Crippen LogP contribution in [0.5, 0.6) is 0 Å². The van der Waals surface area contributed by atoms with E-state index in [1.807, 2.05) is 38.1 Å². The summed E-state index contributed by atoms with van der Waals surface area (Å²) in [5, 5.41) is 6.00. The average molecular weight is 441 g/mol. The lowest BCUT2D eigenvalue weighted by Gasteiger charge is -2.13. The summed E-state index contributed by atoms with van der Waals surface area (Å²) in [4.78, 5) is 42.3. The van der Waals surface area contributed by atoms with Gasteiger partial charge < -0.3 is 10.6 Å². The predicted octanol–water partition coefficient (Wildman–Crippen LogP) is 3.68. The van der Waals surface area contributed by atoms with Gasteiger partial charge in [0.25, 0.3) is 11.5 Å².